The highest BCUT2D eigenvalue weighted by molar-refractivity contribution is 6.09. The molecule has 0 saturated carbocycles. The van der Waals surface area contributed by atoms with Crippen molar-refractivity contribution in [3.63, 3.8) is 0 Å². The topological polar surface area (TPSA) is 93.5 Å². The summed E-state index contributed by atoms with van der Waals surface area (Å²) in [6.45, 7) is 4.06. The predicted octanol–water partition coefficient (Wildman–Crippen LogP) is 2.12. The van der Waals surface area contributed by atoms with Crippen molar-refractivity contribution < 1.29 is 14.4 Å². The van der Waals surface area contributed by atoms with Gasteiger partial charge in [0.15, 0.2) is 0 Å². The van der Waals surface area contributed by atoms with E-state index in [4.69, 9.17) is 5.26 Å². The van der Waals surface area contributed by atoms with Crippen LogP contribution in [0.5, 0.6) is 0 Å². The first-order chi connectivity index (χ1) is 12.9. The van der Waals surface area contributed by atoms with Gasteiger partial charge in [-0.05, 0) is 50.3 Å². The highest BCUT2D eigenvalue weighted by Crippen LogP contribution is 2.29. The second-order valence-electron chi connectivity index (χ2n) is 7.28. The summed E-state index contributed by atoms with van der Waals surface area (Å²) in [5.41, 5.74) is -0.348. The average Bonchev–Trinajstić information content (AvgIpc) is 2.91. The maximum atomic E-state index is 13.0. The number of urea groups is 1. The third-order valence-electron chi connectivity index (χ3n) is 5.56. The van der Waals surface area contributed by atoms with Gasteiger partial charge < -0.3 is 10.2 Å². The van der Waals surface area contributed by atoms with Gasteiger partial charge >= 0.3 is 6.03 Å². The molecule has 3 rings (SSSR count). The Morgan fingerprint density at radius 1 is 1.37 bits per heavy atom. The summed E-state index contributed by atoms with van der Waals surface area (Å²) < 4.78 is 0. The van der Waals surface area contributed by atoms with Gasteiger partial charge in [0, 0.05) is 12.6 Å². The molecular weight excluding hydrogens is 344 g/mol. The molecule has 27 heavy (non-hydrogen) atoms. The smallest absolute Gasteiger partial charge is 0.325 e. The van der Waals surface area contributed by atoms with Crippen LogP contribution in [0.2, 0.25) is 0 Å². The molecule has 0 radical (unpaired) electrons. The molecule has 2 fully saturated rings. The fourth-order valence-electron chi connectivity index (χ4n) is 3.92. The lowest BCUT2D eigenvalue weighted by Gasteiger charge is -2.36. The molecule has 2 heterocycles. The lowest BCUT2D eigenvalue weighted by atomic mass is 9.91. The van der Waals surface area contributed by atoms with Crippen LogP contribution in [0.4, 0.5) is 4.79 Å². The molecule has 0 spiro atoms. The molecule has 2 aliphatic rings. The standard InChI is InChI=1S/C20H24N4O3/c1-3-16-9-4-5-10-23(16)17(25)13-24-18(26)20(2,22-19(24)27)15-8-6-7-14(11-15)12-21/h6-8,11,16H,3-5,9-10,13H2,1-2H3,(H,22,27)/t16-,20-/m0/s1. The van der Waals surface area contributed by atoms with Crippen molar-refractivity contribution in [2.75, 3.05) is 13.1 Å². The van der Waals surface area contributed by atoms with E-state index in [1.807, 2.05) is 13.0 Å². The number of rotatable bonds is 4. The molecule has 0 aliphatic carbocycles. The number of benzene rings is 1. The summed E-state index contributed by atoms with van der Waals surface area (Å²) in [5.74, 6) is -0.666. The van der Waals surface area contributed by atoms with E-state index >= 15 is 0 Å². The molecule has 2 atom stereocenters. The zero-order valence-electron chi connectivity index (χ0n) is 15.7. The summed E-state index contributed by atoms with van der Waals surface area (Å²) >= 11 is 0. The second kappa shape index (κ2) is 7.39. The number of carbonyl (C=O) groups excluding carboxylic acids is 3. The van der Waals surface area contributed by atoms with Crippen LogP contribution in [0.25, 0.3) is 0 Å². The molecule has 4 amide bonds. The first-order valence-corrected chi connectivity index (χ1v) is 9.35. The van der Waals surface area contributed by atoms with Gasteiger partial charge in [-0.15, -0.1) is 0 Å². The number of carbonyl (C=O) groups is 3. The fraction of sp³-hybridized carbons (Fsp3) is 0.500. The highest BCUT2D eigenvalue weighted by Gasteiger charge is 2.50. The molecule has 0 unspecified atom stereocenters. The van der Waals surface area contributed by atoms with E-state index in [2.05, 4.69) is 5.32 Å². The van der Waals surface area contributed by atoms with Gasteiger partial charge in [0.25, 0.3) is 5.91 Å². The van der Waals surface area contributed by atoms with Gasteiger partial charge in [0.1, 0.15) is 12.1 Å². The van der Waals surface area contributed by atoms with E-state index < -0.39 is 17.5 Å². The van der Waals surface area contributed by atoms with Crippen LogP contribution in [-0.2, 0) is 15.1 Å². The van der Waals surface area contributed by atoms with E-state index in [1.165, 1.54) is 0 Å². The first-order valence-electron chi connectivity index (χ1n) is 9.35. The van der Waals surface area contributed by atoms with Gasteiger partial charge in [0.05, 0.1) is 11.6 Å². The van der Waals surface area contributed by atoms with E-state index in [0.717, 1.165) is 30.6 Å². The monoisotopic (exact) mass is 368 g/mol. The third kappa shape index (κ3) is 3.39. The van der Waals surface area contributed by atoms with E-state index in [-0.39, 0.29) is 18.5 Å². The summed E-state index contributed by atoms with van der Waals surface area (Å²) in [6.07, 6.45) is 3.87. The number of hydrogen-bond acceptors (Lipinski definition) is 4. The van der Waals surface area contributed by atoms with Gasteiger partial charge in [-0.2, -0.15) is 5.26 Å². The number of nitriles is 1. The number of piperidine rings is 1. The van der Waals surface area contributed by atoms with Crippen LogP contribution in [0.15, 0.2) is 24.3 Å². The number of amides is 4. The zero-order chi connectivity index (χ0) is 19.6. The number of nitrogens with one attached hydrogen (secondary N) is 1. The minimum atomic E-state index is -1.28. The van der Waals surface area contributed by atoms with Crippen molar-refractivity contribution in [2.24, 2.45) is 0 Å². The maximum Gasteiger partial charge on any atom is 0.325 e. The molecule has 7 heteroatoms. The van der Waals surface area contributed by atoms with Crippen molar-refractivity contribution in [1.82, 2.24) is 15.1 Å². The van der Waals surface area contributed by atoms with Crippen molar-refractivity contribution in [2.45, 2.75) is 51.1 Å². The van der Waals surface area contributed by atoms with Crippen molar-refractivity contribution in [1.29, 1.82) is 5.26 Å². The highest BCUT2D eigenvalue weighted by atomic mass is 16.2. The lowest BCUT2D eigenvalue weighted by molar-refractivity contribution is -0.141. The molecule has 0 bridgehead atoms. The SMILES string of the molecule is CC[C@H]1CCCCN1C(=O)CN1C(=O)N[C@@](C)(c2cccc(C#N)c2)C1=O. The van der Waals surface area contributed by atoms with Crippen molar-refractivity contribution in [3.8, 4) is 6.07 Å². The molecule has 1 N–H and O–H groups in total. The van der Waals surface area contributed by atoms with Gasteiger partial charge in [0.2, 0.25) is 5.91 Å². The maximum absolute atomic E-state index is 13.0. The Morgan fingerprint density at radius 2 is 2.15 bits per heavy atom. The molecular formula is C20H24N4O3. The number of nitrogens with zero attached hydrogens (tertiary/aromatic N) is 3. The Bertz CT molecular complexity index is 816. The lowest BCUT2D eigenvalue weighted by Crippen LogP contribution is -2.49. The van der Waals surface area contributed by atoms with Crippen LogP contribution in [0.3, 0.4) is 0 Å². The Morgan fingerprint density at radius 3 is 2.85 bits per heavy atom. The first kappa shape index (κ1) is 18.9. The average molecular weight is 368 g/mol. The normalized spacial score (nSPS) is 25.3. The van der Waals surface area contributed by atoms with Crippen LogP contribution in [0.1, 0.15) is 50.7 Å². The molecule has 7 nitrogen and oxygen atoms in total. The molecule has 2 aliphatic heterocycles. The fourth-order valence-corrected chi connectivity index (χ4v) is 3.92. The minimum absolute atomic E-state index is 0.172. The number of likely N-dealkylation sites (tertiary alicyclic amines) is 1. The summed E-state index contributed by atoms with van der Waals surface area (Å²) in [7, 11) is 0. The Hall–Kier alpha value is -2.88. The summed E-state index contributed by atoms with van der Waals surface area (Å²) in [6, 6.07) is 8.21. The van der Waals surface area contributed by atoms with Crippen molar-refractivity contribution in [3.05, 3.63) is 35.4 Å². The molecule has 1 aromatic rings. The van der Waals surface area contributed by atoms with Crippen molar-refractivity contribution >= 4 is 17.8 Å². The van der Waals surface area contributed by atoms with Crippen LogP contribution < -0.4 is 5.32 Å². The predicted molar refractivity (Wildman–Crippen MR) is 98.4 cm³/mol. The van der Waals surface area contributed by atoms with Crippen LogP contribution >= 0.6 is 0 Å². The Balaban J connectivity index is 1.79. The van der Waals surface area contributed by atoms with Crippen LogP contribution in [-0.4, -0.2) is 46.8 Å². The molecule has 2 saturated heterocycles. The van der Waals surface area contributed by atoms with Gasteiger partial charge in [-0.1, -0.05) is 19.1 Å². The van der Waals surface area contributed by atoms with Gasteiger partial charge in [-0.25, -0.2) is 4.79 Å². The molecule has 142 valence electrons. The Kier molecular flexibility index (Phi) is 5.17. The van der Waals surface area contributed by atoms with E-state index in [1.54, 1.807) is 36.1 Å². The van der Waals surface area contributed by atoms with Crippen LogP contribution in [0, 0.1) is 11.3 Å². The number of imide groups is 1. The molecule has 1 aromatic carbocycles. The largest absolute Gasteiger partial charge is 0.338 e. The molecule has 0 aromatic heterocycles. The quantitative estimate of drug-likeness (QED) is 0.824. The Labute approximate surface area is 158 Å². The summed E-state index contributed by atoms with van der Waals surface area (Å²) in [5, 5.41) is 11.8. The minimum Gasteiger partial charge on any atom is -0.338 e. The van der Waals surface area contributed by atoms with E-state index in [9.17, 15) is 14.4 Å². The third-order valence-corrected chi connectivity index (χ3v) is 5.56. The zero-order valence-corrected chi connectivity index (χ0v) is 15.7. The number of hydrogen-bond donors (Lipinski definition) is 1. The second-order valence-corrected chi connectivity index (χ2v) is 7.28. The van der Waals surface area contributed by atoms with Gasteiger partial charge in [-0.3, -0.25) is 14.5 Å². The van der Waals surface area contributed by atoms with E-state index in [0.29, 0.717) is 17.7 Å². The summed E-state index contributed by atoms with van der Waals surface area (Å²) in [4.78, 5) is 41.0.